The van der Waals surface area contributed by atoms with Crippen molar-refractivity contribution < 1.29 is 39.3 Å². The summed E-state index contributed by atoms with van der Waals surface area (Å²) in [5.41, 5.74) is 6.87. The number of phenols is 1. The number of benzene rings is 1. The normalized spacial score (nSPS) is 13.9. The molecule has 0 radical (unpaired) electrons. The molecule has 4 unspecified atom stereocenters. The van der Waals surface area contributed by atoms with Gasteiger partial charge in [-0.05, 0) is 36.1 Å². The molecule has 0 aliphatic heterocycles. The summed E-state index contributed by atoms with van der Waals surface area (Å²) in [4.78, 5) is 68.6. The molecule has 0 saturated heterocycles. The SMILES string of the molecule is CSCCC(N)C(=O)NC(Cc1cnc[nH]1)C(=O)NC(CC(=O)O)C(=O)NC(Cc1ccc(O)cc1)C(=O)O. The zero-order valence-corrected chi connectivity index (χ0v) is 21.9. The van der Waals surface area contributed by atoms with Crippen molar-refractivity contribution in [1.82, 2.24) is 25.9 Å². The van der Waals surface area contributed by atoms with Gasteiger partial charge in [-0.3, -0.25) is 19.2 Å². The zero-order chi connectivity index (χ0) is 28.9. The Morgan fingerprint density at radius 2 is 1.56 bits per heavy atom. The number of carboxylic acid groups (broad SMARTS) is 2. The molecule has 15 heteroatoms. The number of aromatic hydroxyl groups is 1. The minimum absolute atomic E-state index is 0.0270. The van der Waals surface area contributed by atoms with Crippen LogP contribution in [0.15, 0.2) is 36.8 Å². The summed E-state index contributed by atoms with van der Waals surface area (Å²) in [5, 5.41) is 35.4. The van der Waals surface area contributed by atoms with Crippen molar-refractivity contribution in [3.63, 3.8) is 0 Å². The third-order valence-corrected chi connectivity index (χ3v) is 6.23. The average Bonchev–Trinajstić information content (AvgIpc) is 3.40. The quantitative estimate of drug-likeness (QED) is 0.123. The summed E-state index contributed by atoms with van der Waals surface area (Å²) < 4.78 is 0. The standard InChI is InChI=1S/C24H32N6O8S/c1-39-7-6-16(25)21(34)28-17(9-14-11-26-12-27-14)22(35)29-18(10-20(32)33)23(36)30-19(24(37)38)8-13-2-4-15(31)5-3-13/h2-5,11-12,16-19,31H,6-10,25H2,1H3,(H,26,27)(H,28,34)(H,29,35)(H,30,36)(H,32,33)(H,37,38). The van der Waals surface area contributed by atoms with Gasteiger partial charge in [-0.15, -0.1) is 0 Å². The maximum absolute atomic E-state index is 13.2. The number of imidazole rings is 1. The number of aromatic nitrogens is 2. The number of phenolic OH excluding ortho intramolecular Hbond substituents is 1. The molecule has 14 nitrogen and oxygen atoms in total. The molecule has 4 atom stereocenters. The molecule has 2 aromatic rings. The van der Waals surface area contributed by atoms with E-state index in [2.05, 4.69) is 25.9 Å². The monoisotopic (exact) mass is 564 g/mol. The van der Waals surface area contributed by atoms with Gasteiger partial charge in [-0.1, -0.05) is 12.1 Å². The molecule has 212 valence electrons. The van der Waals surface area contributed by atoms with Crippen LogP contribution in [0.4, 0.5) is 0 Å². The topological polar surface area (TPSA) is 237 Å². The number of carbonyl (C=O) groups is 5. The number of hydrogen-bond acceptors (Lipinski definition) is 9. The van der Waals surface area contributed by atoms with Gasteiger partial charge in [0.15, 0.2) is 0 Å². The Balaban J connectivity index is 2.18. The van der Waals surface area contributed by atoms with Gasteiger partial charge in [0, 0.05) is 24.7 Å². The number of nitrogens with zero attached hydrogens (tertiary/aromatic N) is 1. The van der Waals surface area contributed by atoms with Crippen LogP contribution in [0.3, 0.4) is 0 Å². The highest BCUT2D eigenvalue weighted by Gasteiger charge is 2.32. The third-order valence-electron chi connectivity index (χ3n) is 5.58. The molecule has 1 aromatic carbocycles. The number of carboxylic acids is 2. The third kappa shape index (κ3) is 10.6. The van der Waals surface area contributed by atoms with Crippen LogP contribution in [-0.4, -0.2) is 91.1 Å². The van der Waals surface area contributed by atoms with Gasteiger partial charge in [0.05, 0.1) is 18.8 Å². The van der Waals surface area contributed by atoms with Crippen molar-refractivity contribution >= 4 is 41.4 Å². The number of amides is 3. The van der Waals surface area contributed by atoms with E-state index in [4.69, 9.17) is 5.73 Å². The van der Waals surface area contributed by atoms with Gasteiger partial charge < -0.3 is 42.0 Å². The molecule has 9 N–H and O–H groups in total. The first-order valence-corrected chi connectivity index (χ1v) is 13.2. The number of H-pyrrole nitrogens is 1. The van der Waals surface area contributed by atoms with Gasteiger partial charge in [0.25, 0.3) is 0 Å². The molecule has 0 bridgehead atoms. The molecule has 0 saturated carbocycles. The van der Waals surface area contributed by atoms with E-state index in [1.54, 1.807) is 0 Å². The number of carbonyl (C=O) groups excluding carboxylic acids is 3. The molecule has 0 aliphatic carbocycles. The average molecular weight is 565 g/mol. The van der Waals surface area contributed by atoms with Crippen LogP contribution in [-0.2, 0) is 36.8 Å². The summed E-state index contributed by atoms with van der Waals surface area (Å²) in [5.74, 6) is -4.75. The molecule has 39 heavy (non-hydrogen) atoms. The first-order chi connectivity index (χ1) is 18.5. The molecular formula is C24H32N6O8S. The zero-order valence-electron chi connectivity index (χ0n) is 21.1. The lowest BCUT2D eigenvalue weighted by atomic mass is 10.0. The Bertz CT molecular complexity index is 1130. The largest absolute Gasteiger partial charge is 0.508 e. The second-order valence-corrected chi connectivity index (χ2v) is 9.64. The summed E-state index contributed by atoms with van der Waals surface area (Å²) in [7, 11) is 0. The first-order valence-electron chi connectivity index (χ1n) is 11.9. The summed E-state index contributed by atoms with van der Waals surface area (Å²) in [6.07, 6.45) is 3.94. The molecule has 3 amide bonds. The van der Waals surface area contributed by atoms with Crippen LogP contribution in [0.5, 0.6) is 5.75 Å². The maximum Gasteiger partial charge on any atom is 0.326 e. The Morgan fingerprint density at radius 1 is 0.949 bits per heavy atom. The summed E-state index contributed by atoms with van der Waals surface area (Å²) >= 11 is 1.50. The maximum atomic E-state index is 13.2. The van der Waals surface area contributed by atoms with E-state index in [1.807, 2.05) is 6.26 Å². The Hall–Kier alpha value is -4.11. The summed E-state index contributed by atoms with van der Waals surface area (Å²) in [6, 6.07) is 0.405. The number of nitrogens with two attached hydrogens (primary N) is 1. The number of aromatic amines is 1. The predicted octanol–water partition coefficient (Wildman–Crippen LogP) is -1.01. The fourth-order valence-electron chi connectivity index (χ4n) is 3.48. The van der Waals surface area contributed by atoms with E-state index in [-0.39, 0.29) is 18.6 Å². The van der Waals surface area contributed by atoms with Gasteiger partial charge in [0.1, 0.15) is 23.9 Å². The fourth-order valence-corrected chi connectivity index (χ4v) is 3.97. The van der Waals surface area contributed by atoms with Crippen LogP contribution in [0, 0.1) is 0 Å². The highest BCUT2D eigenvalue weighted by molar-refractivity contribution is 7.98. The minimum atomic E-state index is -1.65. The Labute approximate surface area is 228 Å². The van der Waals surface area contributed by atoms with E-state index in [1.165, 1.54) is 48.6 Å². The van der Waals surface area contributed by atoms with E-state index in [0.29, 0.717) is 23.4 Å². The van der Waals surface area contributed by atoms with Crippen molar-refractivity contribution in [2.24, 2.45) is 5.73 Å². The van der Waals surface area contributed by atoms with E-state index >= 15 is 0 Å². The minimum Gasteiger partial charge on any atom is -0.508 e. The molecule has 1 aromatic heterocycles. The van der Waals surface area contributed by atoms with Gasteiger partial charge in [-0.2, -0.15) is 11.8 Å². The second-order valence-electron chi connectivity index (χ2n) is 8.66. The smallest absolute Gasteiger partial charge is 0.326 e. The van der Waals surface area contributed by atoms with E-state index in [0.717, 1.165) is 0 Å². The predicted molar refractivity (Wildman–Crippen MR) is 141 cm³/mol. The molecular weight excluding hydrogens is 532 g/mol. The number of hydrogen-bond donors (Lipinski definition) is 8. The van der Waals surface area contributed by atoms with E-state index < -0.39 is 60.2 Å². The van der Waals surface area contributed by atoms with Crippen LogP contribution >= 0.6 is 11.8 Å². The van der Waals surface area contributed by atoms with E-state index in [9.17, 15) is 39.3 Å². The highest BCUT2D eigenvalue weighted by atomic mass is 32.2. The molecule has 0 aliphatic rings. The van der Waals surface area contributed by atoms with Crippen LogP contribution in [0.1, 0.15) is 24.1 Å². The van der Waals surface area contributed by atoms with Crippen molar-refractivity contribution in [1.29, 1.82) is 0 Å². The highest BCUT2D eigenvalue weighted by Crippen LogP contribution is 2.12. The van der Waals surface area contributed by atoms with Crippen LogP contribution in [0.2, 0.25) is 0 Å². The lowest BCUT2D eigenvalue weighted by Gasteiger charge is -2.24. The van der Waals surface area contributed by atoms with Crippen molar-refractivity contribution in [2.75, 3.05) is 12.0 Å². The lowest BCUT2D eigenvalue weighted by molar-refractivity contribution is -0.143. The number of rotatable bonds is 16. The number of aliphatic carboxylic acids is 2. The molecule has 0 fully saturated rings. The lowest BCUT2D eigenvalue weighted by Crippen LogP contribution is -2.58. The first kappa shape index (κ1) is 31.1. The Morgan fingerprint density at radius 3 is 2.13 bits per heavy atom. The molecule has 0 spiro atoms. The second kappa shape index (κ2) is 15.3. The Kier molecular flexibility index (Phi) is 12.2. The fraction of sp³-hybridized carbons (Fsp3) is 0.417. The van der Waals surface area contributed by atoms with Crippen molar-refractivity contribution in [3.05, 3.63) is 48.0 Å². The molecule has 2 rings (SSSR count). The van der Waals surface area contributed by atoms with Crippen molar-refractivity contribution in [3.8, 4) is 5.75 Å². The number of nitrogens with one attached hydrogen (secondary N) is 4. The number of thioether (sulfide) groups is 1. The summed E-state index contributed by atoms with van der Waals surface area (Å²) in [6.45, 7) is 0. The molecule has 1 heterocycles. The van der Waals surface area contributed by atoms with Crippen LogP contribution in [0.25, 0.3) is 0 Å². The van der Waals surface area contributed by atoms with Crippen LogP contribution < -0.4 is 21.7 Å². The van der Waals surface area contributed by atoms with Crippen molar-refractivity contribution in [2.45, 2.75) is 49.9 Å². The van der Waals surface area contributed by atoms with Gasteiger partial charge >= 0.3 is 11.9 Å². The van der Waals surface area contributed by atoms with Gasteiger partial charge in [0.2, 0.25) is 17.7 Å². The van der Waals surface area contributed by atoms with Gasteiger partial charge in [-0.25, -0.2) is 9.78 Å².